The monoisotopic (exact) mass is 169 g/mol. The molecular formula is C6H11N5O. The van der Waals surface area contributed by atoms with Crippen LogP contribution in [0, 0.1) is 0 Å². The average molecular weight is 169 g/mol. The highest BCUT2D eigenvalue weighted by Crippen LogP contribution is 2.10. The predicted octanol–water partition coefficient (Wildman–Crippen LogP) is -1.45. The molecule has 2 amide bonds. The molecule has 0 saturated carbocycles. The van der Waals surface area contributed by atoms with Crippen LogP contribution in [0.1, 0.15) is 0 Å². The van der Waals surface area contributed by atoms with E-state index in [2.05, 4.69) is 15.8 Å². The number of amides is 2. The van der Waals surface area contributed by atoms with E-state index < -0.39 is 6.03 Å². The van der Waals surface area contributed by atoms with Crippen LogP contribution in [0.4, 0.5) is 4.79 Å². The first-order chi connectivity index (χ1) is 5.77. The van der Waals surface area contributed by atoms with Crippen LogP contribution < -0.4 is 16.6 Å². The molecule has 4 N–H and O–H groups in total. The van der Waals surface area contributed by atoms with E-state index in [-0.39, 0.29) is 0 Å². The van der Waals surface area contributed by atoms with E-state index in [0.29, 0.717) is 6.54 Å². The van der Waals surface area contributed by atoms with Gasteiger partial charge in [0.1, 0.15) is 5.82 Å². The number of hydrogen-bond acceptors (Lipinski definition) is 4. The smallest absolute Gasteiger partial charge is 0.318 e. The number of fused-ring (bicyclic) bond motifs is 1. The molecule has 0 bridgehead atoms. The third kappa shape index (κ3) is 1.06. The molecule has 6 heteroatoms. The molecule has 2 aliphatic heterocycles. The van der Waals surface area contributed by atoms with Crippen molar-refractivity contribution in [3.63, 3.8) is 0 Å². The molecule has 6 nitrogen and oxygen atoms in total. The molecule has 2 rings (SSSR count). The van der Waals surface area contributed by atoms with Gasteiger partial charge in [0.15, 0.2) is 0 Å². The fourth-order valence-electron chi connectivity index (χ4n) is 1.32. The summed E-state index contributed by atoms with van der Waals surface area (Å²) in [7, 11) is 0. The number of primary amides is 1. The van der Waals surface area contributed by atoms with E-state index in [0.717, 1.165) is 19.0 Å². The van der Waals surface area contributed by atoms with Crippen molar-refractivity contribution in [1.82, 2.24) is 20.7 Å². The van der Waals surface area contributed by atoms with Gasteiger partial charge in [0, 0.05) is 13.1 Å². The van der Waals surface area contributed by atoms with Crippen molar-refractivity contribution >= 4 is 6.03 Å². The maximum atomic E-state index is 10.8. The molecule has 66 valence electrons. The number of carbonyl (C=O) groups excluding carboxylic acids is 1. The molecular weight excluding hydrogens is 158 g/mol. The first-order valence-corrected chi connectivity index (χ1v) is 3.79. The lowest BCUT2D eigenvalue weighted by Gasteiger charge is -2.28. The van der Waals surface area contributed by atoms with Gasteiger partial charge in [0.05, 0.1) is 12.9 Å². The van der Waals surface area contributed by atoms with E-state index in [1.54, 1.807) is 6.20 Å². The summed E-state index contributed by atoms with van der Waals surface area (Å²) >= 11 is 0. The quantitative estimate of drug-likeness (QED) is 0.414. The topological polar surface area (TPSA) is 73.6 Å². The Morgan fingerprint density at radius 1 is 1.58 bits per heavy atom. The Morgan fingerprint density at radius 2 is 2.42 bits per heavy atom. The zero-order valence-electron chi connectivity index (χ0n) is 6.58. The van der Waals surface area contributed by atoms with Crippen LogP contribution in [0.15, 0.2) is 12.0 Å². The number of urea groups is 1. The van der Waals surface area contributed by atoms with Crippen LogP contribution in [-0.4, -0.2) is 35.6 Å². The lowest BCUT2D eigenvalue weighted by molar-refractivity contribution is 0.210. The summed E-state index contributed by atoms with van der Waals surface area (Å²) in [6, 6.07) is -0.407. The fraction of sp³-hybridized carbons (Fsp3) is 0.500. The van der Waals surface area contributed by atoms with Crippen molar-refractivity contribution < 1.29 is 4.79 Å². The van der Waals surface area contributed by atoms with E-state index in [1.807, 2.05) is 0 Å². The summed E-state index contributed by atoms with van der Waals surface area (Å²) in [6.07, 6.45) is 1.71. The van der Waals surface area contributed by atoms with Crippen LogP contribution in [-0.2, 0) is 0 Å². The summed E-state index contributed by atoms with van der Waals surface area (Å²) in [4.78, 5) is 14.4. The van der Waals surface area contributed by atoms with Crippen molar-refractivity contribution in [2.45, 2.75) is 0 Å². The van der Waals surface area contributed by atoms with Crippen molar-refractivity contribution in [3.8, 4) is 0 Å². The minimum atomic E-state index is -0.407. The Morgan fingerprint density at radius 3 is 3.17 bits per heavy atom. The minimum absolute atomic E-state index is 0.407. The van der Waals surface area contributed by atoms with E-state index in [1.165, 1.54) is 4.90 Å². The second kappa shape index (κ2) is 2.56. The SMILES string of the molecule is NC(=O)N1C=C2NNCN2CC1. The van der Waals surface area contributed by atoms with Gasteiger partial charge in [-0.2, -0.15) is 0 Å². The van der Waals surface area contributed by atoms with Crippen molar-refractivity contribution in [2.24, 2.45) is 5.73 Å². The first kappa shape index (κ1) is 7.23. The highest BCUT2D eigenvalue weighted by atomic mass is 16.2. The maximum absolute atomic E-state index is 10.8. The Bertz CT molecular complexity index is 238. The molecule has 0 unspecified atom stereocenters. The molecule has 0 atom stereocenters. The van der Waals surface area contributed by atoms with E-state index in [4.69, 9.17) is 5.73 Å². The lowest BCUT2D eigenvalue weighted by Crippen LogP contribution is -2.42. The Kier molecular flexibility index (Phi) is 1.54. The van der Waals surface area contributed by atoms with Gasteiger partial charge in [-0.25, -0.2) is 10.2 Å². The molecule has 0 aromatic heterocycles. The summed E-state index contributed by atoms with van der Waals surface area (Å²) in [5, 5.41) is 0. The van der Waals surface area contributed by atoms with Crippen LogP contribution in [0.25, 0.3) is 0 Å². The molecule has 1 saturated heterocycles. The van der Waals surface area contributed by atoms with Crippen LogP contribution >= 0.6 is 0 Å². The Hall–Kier alpha value is -1.43. The second-order valence-electron chi connectivity index (χ2n) is 2.77. The molecule has 2 aliphatic rings. The van der Waals surface area contributed by atoms with Gasteiger partial charge < -0.3 is 16.1 Å². The number of carbonyl (C=O) groups is 1. The Labute approximate surface area is 70.0 Å². The summed E-state index contributed by atoms with van der Waals surface area (Å²) < 4.78 is 0. The molecule has 1 fully saturated rings. The maximum Gasteiger partial charge on any atom is 0.318 e. The van der Waals surface area contributed by atoms with Crippen LogP contribution in [0.5, 0.6) is 0 Å². The van der Waals surface area contributed by atoms with Crippen molar-refractivity contribution in [1.29, 1.82) is 0 Å². The number of nitrogens with zero attached hydrogens (tertiary/aromatic N) is 2. The molecule has 0 spiro atoms. The average Bonchev–Trinajstić information content (AvgIpc) is 2.49. The standard InChI is InChI=1S/C6H11N5O/c7-6(12)10-1-2-11-4-8-9-5(11)3-10/h3,8-9H,1-2,4H2,(H2,7,12). The molecule has 0 aromatic rings. The van der Waals surface area contributed by atoms with Gasteiger partial charge in [0.2, 0.25) is 0 Å². The van der Waals surface area contributed by atoms with Gasteiger partial charge in [-0.05, 0) is 0 Å². The predicted molar refractivity (Wildman–Crippen MR) is 42.2 cm³/mol. The fourth-order valence-corrected chi connectivity index (χ4v) is 1.32. The zero-order chi connectivity index (χ0) is 8.55. The highest BCUT2D eigenvalue weighted by molar-refractivity contribution is 5.73. The second-order valence-corrected chi connectivity index (χ2v) is 2.77. The summed E-state index contributed by atoms with van der Waals surface area (Å²) in [6.45, 7) is 2.25. The van der Waals surface area contributed by atoms with Gasteiger partial charge >= 0.3 is 6.03 Å². The minimum Gasteiger partial charge on any atom is -0.351 e. The lowest BCUT2D eigenvalue weighted by atomic mass is 10.4. The van der Waals surface area contributed by atoms with E-state index >= 15 is 0 Å². The summed E-state index contributed by atoms with van der Waals surface area (Å²) in [5.74, 6) is 0.903. The van der Waals surface area contributed by atoms with Gasteiger partial charge in [-0.3, -0.25) is 4.90 Å². The molecule has 0 aromatic carbocycles. The van der Waals surface area contributed by atoms with Crippen molar-refractivity contribution in [3.05, 3.63) is 12.0 Å². The number of nitrogens with one attached hydrogen (secondary N) is 2. The molecule has 0 radical (unpaired) electrons. The van der Waals surface area contributed by atoms with Crippen molar-refractivity contribution in [2.75, 3.05) is 19.8 Å². The number of rotatable bonds is 0. The first-order valence-electron chi connectivity index (χ1n) is 3.79. The molecule has 12 heavy (non-hydrogen) atoms. The molecule has 0 aliphatic carbocycles. The number of nitrogens with two attached hydrogens (primary N) is 1. The van der Waals surface area contributed by atoms with Crippen LogP contribution in [0.3, 0.4) is 0 Å². The molecule has 2 heterocycles. The van der Waals surface area contributed by atoms with Gasteiger partial charge in [0.25, 0.3) is 0 Å². The Balaban J connectivity index is 2.14. The number of hydrogen-bond donors (Lipinski definition) is 3. The van der Waals surface area contributed by atoms with Crippen LogP contribution in [0.2, 0.25) is 0 Å². The number of hydrazine groups is 1. The largest absolute Gasteiger partial charge is 0.351 e. The van der Waals surface area contributed by atoms with Gasteiger partial charge in [-0.1, -0.05) is 0 Å². The highest BCUT2D eigenvalue weighted by Gasteiger charge is 2.23. The van der Waals surface area contributed by atoms with E-state index in [9.17, 15) is 4.79 Å². The summed E-state index contributed by atoms with van der Waals surface area (Å²) in [5.41, 5.74) is 11.0. The third-order valence-electron chi connectivity index (χ3n) is 2.00. The third-order valence-corrected chi connectivity index (χ3v) is 2.00. The van der Waals surface area contributed by atoms with Gasteiger partial charge in [-0.15, -0.1) is 0 Å². The normalized spacial score (nSPS) is 21.5. The zero-order valence-corrected chi connectivity index (χ0v) is 6.58.